The zero-order valence-electron chi connectivity index (χ0n) is 15.7. The van der Waals surface area contributed by atoms with Crippen LogP contribution in [0, 0.1) is 12.8 Å². The summed E-state index contributed by atoms with van der Waals surface area (Å²) >= 11 is 0. The van der Waals surface area contributed by atoms with E-state index in [1.165, 1.54) is 0 Å². The van der Waals surface area contributed by atoms with Crippen molar-refractivity contribution >= 4 is 22.9 Å². The number of nitrogens with zero attached hydrogens (tertiary/aromatic N) is 3. The Morgan fingerprint density at radius 1 is 1.38 bits per heavy atom. The van der Waals surface area contributed by atoms with Crippen molar-refractivity contribution in [3.05, 3.63) is 23.5 Å². The Hall–Kier alpha value is -2.44. The van der Waals surface area contributed by atoms with Gasteiger partial charge < -0.3 is 10.4 Å². The fraction of sp³-hybridized carbons (Fsp3) is 0.579. The van der Waals surface area contributed by atoms with E-state index in [1.54, 1.807) is 16.9 Å². The molecule has 3 rings (SSSR count). The van der Waals surface area contributed by atoms with E-state index in [-0.39, 0.29) is 11.9 Å². The Morgan fingerprint density at radius 2 is 2.12 bits per heavy atom. The smallest absolute Gasteiger partial charge is 0.308 e. The molecule has 26 heavy (non-hydrogen) atoms. The van der Waals surface area contributed by atoms with Crippen LogP contribution in [0.4, 0.5) is 0 Å². The first kappa shape index (κ1) is 18.4. The average Bonchev–Trinajstić information content (AvgIpc) is 2.97. The van der Waals surface area contributed by atoms with Crippen molar-refractivity contribution in [3.63, 3.8) is 0 Å². The second kappa shape index (κ2) is 6.70. The number of aromatic nitrogens is 3. The van der Waals surface area contributed by atoms with Crippen LogP contribution in [-0.4, -0.2) is 37.3 Å². The van der Waals surface area contributed by atoms with E-state index in [9.17, 15) is 14.7 Å². The molecule has 0 aliphatic heterocycles. The molecule has 0 spiro atoms. The summed E-state index contributed by atoms with van der Waals surface area (Å²) in [4.78, 5) is 29.3. The molecule has 1 aliphatic carbocycles. The molecular formula is C19H26N4O3. The molecule has 0 aromatic carbocycles. The highest BCUT2D eigenvalue weighted by atomic mass is 16.4. The van der Waals surface area contributed by atoms with Crippen LogP contribution < -0.4 is 5.32 Å². The van der Waals surface area contributed by atoms with Gasteiger partial charge in [0.15, 0.2) is 5.65 Å². The van der Waals surface area contributed by atoms with Gasteiger partial charge in [-0.1, -0.05) is 12.8 Å². The average molecular weight is 358 g/mol. The quantitative estimate of drug-likeness (QED) is 0.875. The van der Waals surface area contributed by atoms with Gasteiger partial charge in [0.2, 0.25) is 0 Å². The van der Waals surface area contributed by atoms with Gasteiger partial charge in [-0.25, -0.2) is 9.67 Å². The zero-order chi connectivity index (χ0) is 19.1. The van der Waals surface area contributed by atoms with Gasteiger partial charge in [-0.3, -0.25) is 9.59 Å². The lowest BCUT2D eigenvalue weighted by molar-refractivity contribution is -0.145. The van der Waals surface area contributed by atoms with E-state index in [0.717, 1.165) is 18.5 Å². The monoisotopic (exact) mass is 358 g/mol. The molecule has 7 heteroatoms. The number of rotatable bonds is 4. The molecule has 2 heterocycles. The Balaban J connectivity index is 1.98. The molecule has 2 aromatic heterocycles. The topological polar surface area (TPSA) is 97.1 Å². The zero-order valence-corrected chi connectivity index (χ0v) is 15.7. The number of carboxylic acid groups (broad SMARTS) is 1. The van der Waals surface area contributed by atoms with Gasteiger partial charge in [-0.15, -0.1) is 0 Å². The summed E-state index contributed by atoms with van der Waals surface area (Å²) in [5.74, 6) is -1.69. The van der Waals surface area contributed by atoms with Crippen LogP contribution >= 0.6 is 0 Å². The van der Waals surface area contributed by atoms with Crippen molar-refractivity contribution in [1.82, 2.24) is 20.1 Å². The van der Waals surface area contributed by atoms with E-state index >= 15 is 0 Å². The normalized spacial score (nSPS) is 23.3. The fourth-order valence-electron chi connectivity index (χ4n) is 3.91. The summed E-state index contributed by atoms with van der Waals surface area (Å²) in [6.45, 7) is 7.70. The van der Waals surface area contributed by atoms with Crippen LogP contribution in [0.3, 0.4) is 0 Å². The molecule has 2 aromatic rings. The van der Waals surface area contributed by atoms with Gasteiger partial charge in [-0.2, -0.15) is 5.10 Å². The largest absolute Gasteiger partial charge is 0.481 e. The molecular weight excluding hydrogens is 332 g/mol. The SMILES string of the molecule is Cc1cc(C(=O)NC2(C)CCCCC2C(=O)O)c2cnn(C(C)C)c2n1. The third-order valence-electron chi connectivity index (χ3n) is 5.33. The summed E-state index contributed by atoms with van der Waals surface area (Å²) in [6, 6.07) is 1.87. The number of amides is 1. The molecule has 2 atom stereocenters. The molecule has 1 saturated carbocycles. The highest BCUT2D eigenvalue weighted by molar-refractivity contribution is 6.06. The Kier molecular flexibility index (Phi) is 4.73. The molecule has 2 N–H and O–H groups in total. The Labute approximate surface area is 152 Å². The van der Waals surface area contributed by atoms with Crippen molar-refractivity contribution < 1.29 is 14.7 Å². The van der Waals surface area contributed by atoms with Crippen molar-refractivity contribution in [2.75, 3.05) is 0 Å². The lowest BCUT2D eigenvalue weighted by atomic mass is 9.73. The van der Waals surface area contributed by atoms with Gasteiger partial charge in [-0.05, 0) is 46.6 Å². The van der Waals surface area contributed by atoms with Crippen LogP contribution in [-0.2, 0) is 4.79 Å². The minimum atomic E-state index is -0.851. The van der Waals surface area contributed by atoms with Crippen LogP contribution in [0.15, 0.2) is 12.3 Å². The maximum absolute atomic E-state index is 13.1. The maximum atomic E-state index is 13.1. The number of hydrogen-bond acceptors (Lipinski definition) is 4. The highest BCUT2D eigenvalue weighted by Gasteiger charge is 2.42. The summed E-state index contributed by atoms with van der Waals surface area (Å²) < 4.78 is 1.79. The number of carboxylic acids is 1. The van der Waals surface area contributed by atoms with Crippen molar-refractivity contribution in [1.29, 1.82) is 0 Å². The minimum absolute atomic E-state index is 0.130. The van der Waals surface area contributed by atoms with Gasteiger partial charge >= 0.3 is 5.97 Å². The predicted octanol–water partition coefficient (Wildman–Crippen LogP) is 3.08. The van der Waals surface area contributed by atoms with E-state index in [4.69, 9.17) is 0 Å². The van der Waals surface area contributed by atoms with Crippen LogP contribution in [0.2, 0.25) is 0 Å². The van der Waals surface area contributed by atoms with E-state index in [2.05, 4.69) is 15.4 Å². The van der Waals surface area contributed by atoms with E-state index < -0.39 is 17.4 Å². The maximum Gasteiger partial charge on any atom is 0.308 e. The number of pyridine rings is 1. The number of carbonyl (C=O) groups excluding carboxylic acids is 1. The number of carbonyl (C=O) groups is 2. The molecule has 0 saturated heterocycles. The van der Waals surface area contributed by atoms with Crippen LogP contribution in [0.25, 0.3) is 11.0 Å². The first-order chi connectivity index (χ1) is 12.2. The van der Waals surface area contributed by atoms with Crippen LogP contribution in [0.5, 0.6) is 0 Å². The van der Waals surface area contributed by atoms with Gasteiger partial charge in [0.1, 0.15) is 0 Å². The fourth-order valence-corrected chi connectivity index (χ4v) is 3.91. The van der Waals surface area contributed by atoms with Crippen molar-refractivity contribution in [2.24, 2.45) is 5.92 Å². The molecule has 2 unspecified atom stereocenters. The predicted molar refractivity (Wildman–Crippen MR) is 98.1 cm³/mol. The molecule has 1 aliphatic rings. The molecule has 1 fully saturated rings. The summed E-state index contributed by atoms with van der Waals surface area (Å²) in [5, 5.41) is 17.6. The van der Waals surface area contributed by atoms with Crippen molar-refractivity contribution in [3.8, 4) is 0 Å². The van der Waals surface area contributed by atoms with Gasteiger partial charge in [0, 0.05) is 11.7 Å². The first-order valence-electron chi connectivity index (χ1n) is 9.13. The van der Waals surface area contributed by atoms with E-state index in [1.807, 2.05) is 27.7 Å². The van der Waals surface area contributed by atoms with Crippen molar-refractivity contribution in [2.45, 2.75) is 65.0 Å². The lowest BCUT2D eigenvalue weighted by Crippen LogP contribution is -2.55. The second-order valence-corrected chi connectivity index (χ2v) is 7.74. The highest BCUT2D eigenvalue weighted by Crippen LogP contribution is 2.34. The van der Waals surface area contributed by atoms with Gasteiger partial charge in [0.25, 0.3) is 5.91 Å². The number of hydrogen-bond donors (Lipinski definition) is 2. The Morgan fingerprint density at radius 3 is 2.77 bits per heavy atom. The number of aryl methyl sites for hydroxylation is 1. The molecule has 0 radical (unpaired) electrons. The molecule has 7 nitrogen and oxygen atoms in total. The molecule has 0 bridgehead atoms. The van der Waals surface area contributed by atoms with Gasteiger partial charge in [0.05, 0.1) is 28.6 Å². The third-order valence-corrected chi connectivity index (χ3v) is 5.33. The summed E-state index contributed by atoms with van der Waals surface area (Å²) in [6.07, 6.45) is 4.70. The standard InChI is InChI=1S/C19H26N4O3/c1-11(2)23-16-14(10-20-23)13(9-12(3)21-16)17(24)22-19(4)8-6-5-7-15(19)18(25)26/h9-11,15H,5-8H2,1-4H3,(H,22,24)(H,25,26). The number of nitrogens with one attached hydrogen (secondary N) is 1. The number of aliphatic carboxylic acids is 1. The van der Waals surface area contributed by atoms with Crippen LogP contribution in [0.1, 0.15) is 68.5 Å². The molecule has 140 valence electrons. The second-order valence-electron chi connectivity index (χ2n) is 7.74. The van der Waals surface area contributed by atoms with E-state index in [0.29, 0.717) is 29.4 Å². The first-order valence-corrected chi connectivity index (χ1v) is 9.13. The Bertz CT molecular complexity index is 858. The molecule has 1 amide bonds. The minimum Gasteiger partial charge on any atom is -0.481 e. The lowest BCUT2D eigenvalue weighted by Gasteiger charge is -2.39. The third kappa shape index (κ3) is 3.18. The summed E-state index contributed by atoms with van der Waals surface area (Å²) in [7, 11) is 0. The summed E-state index contributed by atoms with van der Waals surface area (Å²) in [5.41, 5.74) is 1.15. The number of fused-ring (bicyclic) bond motifs is 1.